The highest BCUT2D eigenvalue weighted by molar-refractivity contribution is 5.78. The van der Waals surface area contributed by atoms with Crippen LogP contribution in [-0.2, 0) is 11.2 Å². The Morgan fingerprint density at radius 1 is 1.15 bits per heavy atom. The number of hydrogen-bond acceptors (Lipinski definition) is 4. The van der Waals surface area contributed by atoms with Crippen molar-refractivity contribution in [1.29, 1.82) is 0 Å². The van der Waals surface area contributed by atoms with E-state index in [1.165, 1.54) is 0 Å². The molecule has 3 rings (SSSR count). The predicted octanol–water partition coefficient (Wildman–Crippen LogP) is 4.11. The fourth-order valence-electron chi connectivity index (χ4n) is 2.82. The number of hydrogen-bond donors (Lipinski definition) is 0. The molecule has 0 spiro atoms. The van der Waals surface area contributed by atoms with E-state index in [0.29, 0.717) is 11.6 Å². The molecule has 0 aliphatic heterocycles. The number of amides is 1. The molecule has 134 valence electrons. The molecule has 1 atom stereocenters. The summed E-state index contributed by atoms with van der Waals surface area (Å²) in [5.74, 6) is 1.26. The predicted molar refractivity (Wildman–Crippen MR) is 99.8 cm³/mol. The number of ether oxygens (including phenoxy) is 1. The zero-order chi connectivity index (χ0) is 18.5. The number of methoxy groups -OCH3 is 1. The summed E-state index contributed by atoms with van der Waals surface area (Å²) in [6, 6.07) is 17.2. The molecule has 0 saturated carbocycles. The van der Waals surface area contributed by atoms with Gasteiger partial charge in [-0.2, -0.15) is 0 Å². The monoisotopic (exact) mass is 350 g/mol. The Labute approximate surface area is 153 Å². The topological polar surface area (TPSA) is 55.6 Å². The Morgan fingerprint density at radius 2 is 1.85 bits per heavy atom. The summed E-state index contributed by atoms with van der Waals surface area (Å²) in [7, 11) is 3.42. The third kappa shape index (κ3) is 3.77. The normalized spacial score (nSPS) is 11.8. The van der Waals surface area contributed by atoms with Gasteiger partial charge < -0.3 is 14.1 Å². The van der Waals surface area contributed by atoms with Crippen LogP contribution in [0.5, 0.6) is 5.75 Å². The Bertz CT molecular complexity index is 874. The highest BCUT2D eigenvalue weighted by Gasteiger charge is 2.21. The van der Waals surface area contributed by atoms with Gasteiger partial charge in [-0.05, 0) is 25.1 Å². The van der Waals surface area contributed by atoms with Crippen molar-refractivity contribution in [1.82, 2.24) is 9.88 Å². The van der Waals surface area contributed by atoms with Crippen LogP contribution in [0.2, 0.25) is 0 Å². The van der Waals surface area contributed by atoms with Crippen LogP contribution in [0.4, 0.5) is 0 Å². The minimum absolute atomic E-state index is 0.0312. The van der Waals surface area contributed by atoms with Crippen molar-refractivity contribution in [3.63, 3.8) is 0 Å². The number of carbonyl (C=O) groups is 1. The van der Waals surface area contributed by atoms with Gasteiger partial charge in [0.1, 0.15) is 12.0 Å². The maximum atomic E-state index is 12.7. The zero-order valence-corrected chi connectivity index (χ0v) is 15.2. The molecule has 0 fully saturated rings. The van der Waals surface area contributed by atoms with Gasteiger partial charge in [0, 0.05) is 18.2 Å². The van der Waals surface area contributed by atoms with Crippen LogP contribution in [0, 0.1) is 0 Å². The molecular formula is C21H22N2O3. The molecule has 5 nitrogen and oxygen atoms in total. The summed E-state index contributed by atoms with van der Waals surface area (Å²) in [5, 5.41) is 0. The highest BCUT2D eigenvalue weighted by Crippen LogP contribution is 2.28. The highest BCUT2D eigenvalue weighted by atomic mass is 16.5. The standard InChI is InChI=1S/C21H22N2O3/c1-15(18-11-7-8-12-19(18)25-3)23(2)20(24)13-17-14-26-21(22-17)16-9-5-4-6-10-16/h4-12,14-15H,13H2,1-3H3. The van der Waals surface area contributed by atoms with E-state index in [2.05, 4.69) is 4.98 Å². The van der Waals surface area contributed by atoms with Crippen molar-refractivity contribution >= 4 is 5.91 Å². The molecule has 1 unspecified atom stereocenters. The first-order chi connectivity index (χ1) is 12.6. The van der Waals surface area contributed by atoms with Crippen LogP contribution in [0.1, 0.15) is 24.2 Å². The SMILES string of the molecule is COc1ccccc1C(C)N(C)C(=O)Cc1coc(-c2ccccc2)n1. The Morgan fingerprint density at radius 3 is 2.58 bits per heavy atom. The van der Waals surface area contributed by atoms with Gasteiger partial charge in [-0.3, -0.25) is 4.79 Å². The lowest BCUT2D eigenvalue weighted by molar-refractivity contribution is -0.131. The first-order valence-electron chi connectivity index (χ1n) is 8.48. The van der Waals surface area contributed by atoms with Gasteiger partial charge in [-0.25, -0.2) is 4.98 Å². The van der Waals surface area contributed by atoms with Crippen LogP contribution in [-0.4, -0.2) is 29.9 Å². The number of carbonyl (C=O) groups excluding carboxylic acids is 1. The number of aromatic nitrogens is 1. The summed E-state index contributed by atoms with van der Waals surface area (Å²) in [4.78, 5) is 18.8. The number of likely N-dealkylation sites (N-methyl/N-ethyl adjacent to an activating group) is 1. The van der Waals surface area contributed by atoms with Gasteiger partial charge in [0.15, 0.2) is 0 Å². The number of oxazole rings is 1. The fourth-order valence-corrected chi connectivity index (χ4v) is 2.82. The van der Waals surface area contributed by atoms with E-state index in [1.807, 2.05) is 61.5 Å². The second-order valence-corrected chi connectivity index (χ2v) is 6.11. The lowest BCUT2D eigenvalue weighted by Gasteiger charge is -2.26. The van der Waals surface area contributed by atoms with E-state index in [0.717, 1.165) is 16.9 Å². The summed E-state index contributed by atoms with van der Waals surface area (Å²) >= 11 is 0. The van der Waals surface area contributed by atoms with E-state index < -0.39 is 0 Å². The molecule has 1 amide bonds. The molecule has 2 aromatic carbocycles. The Balaban J connectivity index is 1.71. The van der Waals surface area contributed by atoms with Crippen molar-refractivity contribution < 1.29 is 13.9 Å². The molecule has 0 aliphatic carbocycles. The summed E-state index contributed by atoms with van der Waals surface area (Å²) in [6.07, 6.45) is 1.73. The zero-order valence-electron chi connectivity index (χ0n) is 15.2. The Hall–Kier alpha value is -3.08. The third-order valence-corrected chi connectivity index (χ3v) is 4.47. The van der Waals surface area contributed by atoms with Crippen molar-refractivity contribution in [3.05, 3.63) is 72.1 Å². The second-order valence-electron chi connectivity index (χ2n) is 6.11. The molecule has 3 aromatic rings. The largest absolute Gasteiger partial charge is 0.496 e. The minimum Gasteiger partial charge on any atom is -0.496 e. The third-order valence-electron chi connectivity index (χ3n) is 4.47. The van der Waals surface area contributed by atoms with E-state index in [1.54, 1.807) is 25.3 Å². The molecule has 26 heavy (non-hydrogen) atoms. The lowest BCUT2D eigenvalue weighted by atomic mass is 10.1. The van der Waals surface area contributed by atoms with Crippen LogP contribution in [0.25, 0.3) is 11.5 Å². The molecule has 1 aromatic heterocycles. The maximum absolute atomic E-state index is 12.7. The van der Waals surface area contributed by atoms with Gasteiger partial charge in [0.25, 0.3) is 0 Å². The Kier molecular flexibility index (Phi) is 5.37. The second kappa shape index (κ2) is 7.87. The van der Waals surface area contributed by atoms with Gasteiger partial charge in [-0.15, -0.1) is 0 Å². The average molecular weight is 350 g/mol. The minimum atomic E-state index is -0.112. The first kappa shape index (κ1) is 17.7. The number of para-hydroxylation sites is 1. The van der Waals surface area contributed by atoms with E-state index in [9.17, 15) is 4.79 Å². The molecule has 0 bridgehead atoms. The summed E-state index contributed by atoms with van der Waals surface area (Å²) in [6.45, 7) is 1.98. The first-order valence-corrected chi connectivity index (χ1v) is 8.48. The van der Waals surface area contributed by atoms with Gasteiger partial charge in [0.05, 0.1) is 25.3 Å². The van der Waals surface area contributed by atoms with Gasteiger partial charge in [0.2, 0.25) is 11.8 Å². The molecular weight excluding hydrogens is 328 g/mol. The maximum Gasteiger partial charge on any atom is 0.228 e. The van der Waals surface area contributed by atoms with Crippen molar-refractivity contribution in [2.45, 2.75) is 19.4 Å². The quantitative estimate of drug-likeness (QED) is 0.671. The fraction of sp³-hybridized carbons (Fsp3) is 0.238. The van der Waals surface area contributed by atoms with Crippen molar-refractivity contribution in [2.24, 2.45) is 0 Å². The van der Waals surface area contributed by atoms with E-state index in [-0.39, 0.29) is 18.4 Å². The number of nitrogens with zero attached hydrogens (tertiary/aromatic N) is 2. The lowest BCUT2D eigenvalue weighted by Crippen LogP contribution is -2.31. The molecule has 0 radical (unpaired) electrons. The van der Waals surface area contributed by atoms with Gasteiger partial charge >= 0.3 is 0 Å². The summed E-state index contributed by atoms with van der Waals surface area (Å²) in [5.41, 5.74) is 2.48. The smallest absolute Gasteiger partial charge is 0.228 e. The average Bonchev–Trinajstić information content (AvgIpc) is 3.16. The van der Waals surface area contributed by atoms with E-state index in [4.69, 9.17) is 9.15 Å². The molecule has 1 heterocycles. The van der Waals surface area contributed by atoms with Crippen LogP contribution in [0.3, 0.4) is 0 Å². The molecule has 5 heteroatoms. The van der Waals surface area contributed by atoms with Crippen LogP contribution >= 0.6 is 0 Å². The van der Waals surface area contributed by atoms with Crippen molar-refractivity contribution in [3.8, 4) is 17.2 Å². The van der Waals surface area contributed by atoms with Crippen molar-refractivity contribution in [2.75, 3.05) is 14.2 Å². The van der Waals surface area contributed by atoms with Gasteiger partial charge in [-0.1, -0.05) is 36.4 Å². The molecule has 0 saturated heterocycles. The number of benzene rings is 2. The molecule has 0 aliphatic rings. The molecule has 0 N–H and O–H groups in total. The van der Waals surface area contributed by atoms with Crippen LogP contribution in [0.15, 0.2) is 65.3 Å². The van der Waals surface area contributed by atoms with Crippen LogP contribution < -0.4 is 4.74 Å². The van der Waals surface area contributed by atoms with E-state index >= 15 is 0 Å². The number of rotatable bonds is 6. The summed E-state index contributed by atoms with van der Waals surface area (Å²) < 4.78 is 10.9.